The van der Waals surface area contributed by atoms with E-state index in [0.717, 1.165) is 69.3 Å². The number of nitrogens with one attached hydrogen (secondary N) is 1. The molecule has 1 aromatic heterocycles. The summed E-state index contributed by atoms with van der Waals surface area (Å²) in [7, 11) is 0. The SMILES string of the molecule is Cl.Cl.NC1(C(=O)NCC2CCN(Cc3ccc4nonc4c3)C2)CCCC1. The van der Waals surface area contributed by atoms with Crippen molar-refractivity contribution >= 4 is 41.8 Å². The zero-order valence-corrected chi connectivity index (χ0v) is 16.9. The summed E-state index contributed by atoms with van der Waals surface area (Å²) in [5, 5.41) is 10.8. The van der Waals surface area contributed by atoms with Crippen LogP contribution in [0.2, 0.25) is 0 Å². The lowest BCUT2D eigenvalue weighted by Crippen LogP contribution is -2.52. The fraction of sp³-hybridized carbons (Fsp3) is 0.611. The van der Waals surface area contributed by atoms with Crippen molar-refractivity contribution in [3.8, 4) is 0 Å². The van der Waals surface area contributed by atoms with E-state index >= 15 is 0 Å². The molecule has 2 aromatic rings. The van der Waals surface area contributed by atoms with Crippen LogP contribution in [-0.2, 0) is 11.3 Å². The Morgan fingerprint density at radius 1 is 1.26 bits per heavy atom. The van der Waals surface area contributed by atoms with E-state index < -0.39 is 5.54 Å². The van der Waals surface area contributed by atoms with Crippen molar-refractivity contribution in [2.75, 3.05) is 19.6 Å². The van der Waals surface area contributed by atoms with Gasteiger partial charge in [0.25, 0.3) is 0 Å². The maximum absolute atomic E-state index is 12.3. The normalized spacial score (nSPS) is 21.6. The number of amides is 1. The first-order chi connectivity index (χ1) is 12.1. The van der Waals surface area contributed by atoms with E-state index in [0.29, 0.717) is 5.92 Å². The minimum absolute atomic E-state index is 0. The van der Waals surface area contributed by atoms with Gasteiger partial charge in [-0.15, -0.1) is 24.8 Å². The summed E-state index contributed by atoms with van der Waals surface area (Å²) in [6, 6.07) is 6.04. The Morgan fingerprint density at radius 3 is 2.78 bits per heavy atom. The molecule has 1 unspecified atom stereocenters. The Balaban J connectivity index is 0.00000131. The molecule has 1 atom stereocenters. The van der Waals surface area contributed by atoms with Crippen molar-refractivity contribution in [1.29, 1.82) is 0 Å². The van der Waals surface area contributed by atoms with E-state index in [2.05, 4.69) is 26.6 Å². The highest BCUT2D eigenvalue weighted by molar-refractivity contribution is 5.86. The lowest BCUT2D eigenvalue weighted by atomic mass is 9.97. The Kier molecular flexibility index (Phi) is 7.45. The van der Waals surface area contributed by atoms with Crippen LogP contribution in [0.15, 0.2) is 22.8 Å². The van der Waals surface area contributed by atoms with Gasteiger partial charge < -0.3 is 11.1 Å². The molecule has 0 spiro atoms. The second-order valence-electron chi connectivity index (χ2n) is 7.55. The van der Waals surface area contributed by atoms with Gasteiger partial charge in [0.15, 0.2) is 0 Å². The van der Waals surface area contributed by atoms with E-state index in [1.54, 1.807) is 0 Å². The maximum Gasteiger partial charge on any atom is 0.240 e. The average molecular weight is 416 g/mol. The third kappa shape index (κ3) is 4.90. The second-order valence-corrected chi connectivity index (χ2v) is 7.55. The zero-order valence-electron chi connectivity index (χ0n) is 15.2. The standard InChI is InChI=1S/C18H25N5O2.2ClH/c19-18(6-1-2-7-18)17(24)20-10-14-5-8-23(12-14)11-13-3-4-15-16(9-13)22-25-21-15;;/h3-4,9,14H,1-2,5-8,10-12,19H2,(H,20,24);2*1H. The number of aromatic nitrogens is 2. The van der Waals surface area contributed by atoms with Crippen molar-refractivity contribution < 1.29 is 9.42 Å². The Labute approximate surface area is 171 Å². The van der Waals surface area contributed by atoms with Crippen LogP contribution in [-0.4, -0.2) is 46.3 Å². The summed E-state index contributed by atoms with van der Waals surface area (Å²) in [4.78, 5) is 14.7. The van der Waals surface area contributed by atoms with Gasteiger partial charge in [0, 0.05) is 19.6 Å². The van der Waals surface area contributed by atoms with Gasteiger partial charge in [-0.3, -0.25) is 9.69 Å². The number of hydrogen-bond donors (Lipinski definition) is 2. The van der Waals surface area contributed by atoms with Gasteiger partial charge in [0.05, 0.1) is 5.54 Å². The summed E-state index contributed by atoms with van der Waals surface area (Å²) in [6.45, 7) is 3.64. The summed E-state index contributed by atoms with van der Waals surface area (Å²) >= 11 is 0. The maximum atomic E-state index is 12.3. The van der Waals surface area contributed by atoms with Crippen molar-refractivity contribution in [3.05, 3.63) is 23.8 Å². The van der Waals surface area contributed by atoms with Crippen LogP contribution in [0.5, 0.6) is 0 Å². The number of halogens is 2. The van der Waals surface area contributed by atoms with Gasteiger partial charge in [-0.1, -0.05) is 18.9 Å². The quantitative estimate of drug-likeness (QED) is 0.776. The van der Waals surface area contributed by atoms with E-state index in [4.69, 9.17) is 10.4 Å². The molecule has 1 aromatic carbocycles. The number of hydrogen-bond acceptors (Lipinski definition) is 6. The van der Waals surface area contributed by atoms with Gasteiger partial charge in [-0.2, -0.15) is 0 Å². The molecule has 1 saturated heterocycles. The zero-order chi connectivity index (χ0) is 17.3. The number of nitrogens with zero attached hydrogens (tertiary/aromatic N) is 3. The summed E-state index contributed by atoms with van der Waals surface area (Å²) in [5.74, 6) is 0.527. The van der Waals surface area contributed by atoms with Crippen molar-refractivity contribution in [2.45, 2.75) is 44.2 Å². The molecule has 150 valence electrons. The molecule has 9 heteroatoms. The molecule has 3 N–H and O–H groups in total. The van der Waals surface area contributed by atoms with Crippen LogP contribution >= 0.6 is 24.8 Å². The summed E-state index contributed by atoms with van der Waals surface area (Å²) in [5.41, 5.74) is 8.38. The molecule has 1 saturated carbocycles. The molecule has 2 heterocycles. The number of nitrogens with two attached hydrogens (primary N) is 1. The van der Waals surface area contributed by atoms with Gasteiger partial charge in [0.1, 0.15) is 11.0 Å². The number of fused-ring (bicyclic) bond motifs is 1. The summed E-state index contributed by atoms with van der Waals surface area (Å²) in [6.07, 6.45) is 4.86. The van der Waals surface area contributed by atoms with E-state index in [1.807, 2.05) is 12.1 Å². The highest BCUT2D eigenvalue weighted by Crippen LogP contribution is 2.27. The predicted octanol–water partition coefficient (Wildman–Crippen LogP) is 2.28. The van der Waals surface area contributed by atoms with E-state index in [-0.39, 0.29) is 30.7 Å². The molecule has 4 rings (SSSR count). The first-order valence-electron chi connectivity index (χ1n) is 9.13. The van der Waals surface area contributed by atoms with Gasteiger partial charge >= 0.3 is 0 Å². The fourth-order valence-electron chi connectivity index (χ4n) is 4.05. The number of rotatable bonds is 5. The molecule has 0 radical (unpaired) electrons. The highest BCUT2D eigenvalue weighted by Gasteiger charge is 2.37. The van der Waals surface area contributed by atoms with Crippen LogP contribution in [0.1, 0.15) is 37.7 Å². The molecular formula is C18H27Cl2N5O2. The van der Waals surface area contributed by atoms with Crippen LogP contribution in [0.25, 0.3) is 11.0 Å². The second kappa shape index (κ2) is 9.19. The lowest BCUT2D eigenvalue weighted by molar-refractivity contribution is -0.126. The number of benzene rings is 1. The topological polar surface area (TPSA) is 97.3 Å². The largest absolute Gasteiger partial charge is 0.354 e. The molecular weight excluding hydrogens is 389 g/mol. The van der Waals surface area contributed by atoms with Crippen LogP contribution in [0.3, 0.4) is 0 Å². The van der Waals surface area contributed by atoms with Crippen LogP contribution < -0.4 is 11.1 Å². The smallest absolute Gasteiger partial charge is 0.240 e. The predicted molar refractivity (Wildman–Crippen MR) is 108 cm³/mol. The molecule has 7 nitrogen and oxygen atoms in total. The number of carbonyl (C=O) groups excluding carboxylic acids is 1. The molecule has 27 heavy (non-hydrogen) atoms. The Bertz CT molecular complexity index is 763. The van der Waals surface area contributed by atoms with Gasteiger partial charge in [-0.05, 0) is 59.7 Å². The molecule has 0 bridgehead atoms. The third-order valence-corrected chi connectivity index (χ3v) is 5.59. The highest BCUT2D eigenvalue weighted by atomic mass is 35.5. The summed E-state index contributed by atoms with van der Waals surface area (Å²) < 4.78 is 4.75. The number of carbonyl (C=O) groups is 1. The van der Waals surface area contributed by atoms with Crippen LogP contribution in [0.4, 0.5) is 0 Å². The lowest BCUT2D eigenvalue weighted by Gasteiger charge is -2.23. The monoisotopic (exact) mass is 415 g/mol. The average Bonchev–Trinajstić information content (AvgIpc) is 3.33. The van der Waals surface area contributed by atoms with Gasteiger partial charge in [-0.25, -0.2) is 4.63 Å². The minimum atomic E-state index is -0.626. The molecule has 1 amide bonds. The minimum Gasteiger partial charge on any atom is -0.354 e. The first-order valence-corrected chi connectivity index (χ1v) is 9.13. The van der Waals surface area contributed by atoms with E-state index in [9.17, 15) is 4.79 Å². The van der Waals surface area contributed by atoms with Crippen molar-refractivity contribution in [3.63, 3.8) is 0 Å². The fourth-order valence-corrected chi connectivity index (χ4v) is 4.05. The molecule has 1 aliphatic carbocycles. The molecule has 2 fully saturated rings. The number of likely N-dealkylation sites (tertiary alicyclic amines) is 1. The first kappa shape index (κ1) is 21.9. The Morgan fingerprint density at radius 2 is 2.00 bits per heavy atom. The van der Waals surface area contributed by atoms with E-state index in [1.165, 1.54) is 5.56 Å². The third-order valence-electron chi connectivity index (χ3n) is 5.59. The van der Waals surface area contributed by atoms with Gasteiger partial charge in [0.2, 0.25) is 5.91 Å². The molecule has 2 aliphatic rings. The van der Waals surface area contributed by atoms with Crippen LogP contribution in [0, 0.1) is 5.92 Å². The van der Waals surface area contributed by atoms with Crippen molar-refractivity contribution in [2.24, 2.45) is 11.7 Å². The Hall–Kier alpha value is -1.41. The van der Waals surface area contributed by atoms with Crippen molar-refractivity contribution in [1.82, 2.24) is 20.5 Å². The molecule has 1 aliphatic heterocycles.